The monoisotopic (exact) mass is 338 g/mol. The zero-order valence-corrected chi connectivity index (χ0v) is 13.4. The third-order valence-corrected chi connectivity index (χ3v) is 5.59. The number of amides is 1. The molecular formula is C15H18N2O5S. The molecule has 1 amide bonds. The molecule has 0 aromatic heterocycles. The lowest BCUT2D eigenvalue weighted by Gasteiger charge is -2.26. The Kier molecular flexibility index (Phi) is 4.11. The van der Waals surface area contributed by atoms with E-state index in [1.807, 2.05) is 0 Å². The molecule has 0 radical (unpaired) electrons. The van der Waals surface area contributed by atoms with Crippen LogP contribution in [0.3, 0.4) is 0 Å². The van der Waals surface area contributed by atoms with Gasteiger partial charge in [0.1, 0.15) is 0 Å². The van der Waals surface area contributed by atoms with Crippen molar-refractivity contribution in [3.05, 3.63) is 23.3 Å². The van der Waals surface area contributed by atoms with E-state index >= 15 is 0 Å². The SMILES string of the molecule is O=C(O)CCCNS(=O)(=O)c1cc2c3c(c1)CC(=O)N3CCC2. The van der Waals surface area contributed by atoms with E-state index < -0.39 is 16.0 Å². The number of carbonyl (C=O) groups is 2. The molecule has 3 rings (SSSR count). The Bertz CT molecular complexity index is 772. The minimum absolute atomic E-state index is 0.0184. The molecular weight excluding hydrogens is 320 g/mol. The molecule has 2 N–H and O–H groups in total. The van der Waals surface area contributed by atoms with Crippen LogP contribution in [-0.4, -0.2) is 38.5 Å². The van der Waals surface area contributed by atoms with Crippen molar-refractivity contribution in [2.75, 3.05) is 18.0 Å². The quantitative estimate of drug-likeness (QED) is 0.742. The maximum Gasteiger partial charge on any atom is 0.303 e. The van der Waals surface area contributed by atoms with Crippen LogP contribution in [0.1, 0.15) is 30.4 Å². The predicted octanol–water partition coefficient (Wildman–Crippen LogP) is 0.665. The first-order valence-corrected chi connectivity index (χ1v) is 9.04. The Hall–Kier alpha value is -1.93. The van der Waals surface area contributed by atoms with Crippen molar-refractivity contribution in [3.63, 3.8) is 0 Å². The molecule has 0 spiro atoms. The van der Waals surface area contributed by atoms with Gasteiger partial charge in [-0.3, -0.25) is 9.59 Å². The van der Waals surface area contributed by atoms with E-state index in [2.05, 4.69) is 4.72 Å². The zero-order valence-electron chi connectivity index (χ0n) is 12.5. The lowest BCUT2D eigenvalue weighted by molar-refractivity contribution is -0.137. The minimum atomic E-state index is -3.70. The molecule has 0 saturated heterocycles. The number of aryl methyl sites for hydroxylation is 1. The van der Waals surface area contributed by atoms with E-state index in [4.69, 9.17) is 5.11 Å². The molecule has 2 aliphatic rings. The van der Waals surface area contributed by atoms with Gasteiger partial charge in [0.2, 0.25) is 15.9 Å². The third kappa shape index (κ3) is 3.09. The smallest absolute Gasteiger partial charge is 0.303 e. The molecule has 124 valence electrons. The van der Waals surface area contributed by atoms with Crippen LogP contribution in [0.5, 0.6) is 0 Å². The van der Waals surface area contributed by atoms with Crippen LogP contribution in [-0.2, 0) is 32.5 Å². The topological polar surface area (TPSA) is 104 Å². The van der Waals surface area contributed by atoms with Crippen molar-refractivity contribution in [2.24, 2.45) is 0 Å². The lowest BCUT2D eigenvalue weighted by Crippen LogP contribution is -2.31. The van der Waals surface area contributed by atoms with Crippen LogP contribution in [0.2, 0.25) is 0 Å². The Morgan fingerprint density at radius 3 is 2.78 bits per heavy atom. The summed E-state index contributed by atoms with van der Waals surface area (Å²) in [5.74, 6) is -0.935. The number of carboxylic acid groups (broad SMARTS) is 1. The summed E-state index contributed by atoms with van der Waals surface area (Å²) in [6.45, 7) is 0.768. The van der Waals surface area contributed by atoms with Crippen molar-refractivity contribution < 1.29 is 23.1 Å². The number of hydrogen-bond donors (Lipinski definition) is 2. The van der Waals surface area contributed by atoms with Crippen LogP contribution in [0.4, 0.5) is 5.69 Å². The number of carboxylic acids is 1. The van der Waals surface area contributed by atoms with Gasteiger partial charge in [0.25, 0.3) is 0 Å². The van der Waals surface area contributed by atoms with Crippen LogP contribution < -0.4 is 9.62 Å². The Morgan fingerprint density at radius 1 is 1.30 bits per heavy atom. The summed E-state index contributed by atoms with van der Waals surface area (Å²) in [6, 6.07) is 3.19. The van der Waals surface area contributed by atoms with Crippen LogP contribution in [0, 0.1) is 0 Å². The summed E-state index contributed by atoms with van der Waals surface area (Å²) in [5.41, 5.74) is 2.54. The van der Waals surface area contributed by atoms with Gasteiger partial charge in [0.15, 0.2) is 0 Å². The highest BCUT2D eigenvalue weighted by Gasteiger charge is 2.33. The van der Waals surface area contributed by atoms with Gasteiger partial charge in [0.05, 0.1) is 17.0 Å². The van der Waals surface area contributed by atoms with Crippen molar-refractivity contribution >= 4 is 27.6 Å². The summed E-state index contributed by atoms with van der Waals surface area (Å²) in [5, 5.41) is 8.58. The van der Waals surface area contributed by atoms with Crippen molar-refractivity contribution in [1.82, 2.24) is 4.72 Å². The number of benzene rings is 1. The molecule has 0 saturated carbocycles. The number of sulfonamides is 1. The molecule has 23 heavy (non-hydrogen) atoms. The Balaban J connectivity index is 1.83. The van der Waals surface area contributed by atoms with Gasteiger partial charge in [-0.05, 0) is 42.5 Å². The van der Waals surface area contributed by atoms with E-state index in [0.29, 0.717) is 6.54 Å². The third-order valence-electron chi connectivity index (χ3n) is 4.15. The van der Waals surface area contributed by atoms with Crippen LogP contribution in [0.15, 0.2) is 17.0 Å². The maximum atomic E-state index is 12.4. The Labute approximate surface area is 134 Å². The number of hydrogen-bond acceptors (Lipinski definition) is 4. The minimum Gasteiger partial charge on any atom is -0.481 e. The number of nitrogens with zero attached hydrogens (tertiary/aromatic N) is 1. The van der Waals surface area contributed by atoms with Gasteiger partial charge < -0.3 is 10.0 Å². The van der Waals surface area contributed by atoms with E-state index in [-0.39, 0.29) is 36.6 Å². The second-order valence-electron chi connectivity index (χ2n) is 5.81. The normalized spacial score (nSPS) is 16.5. The highest BCUT2D eigenvalue weighted by Crippen LogP contribution is 2.38. The summed E-state index contributed by atoms with van der Waals surface area (Å²) in [7, 11) is -3.70. The van der Waals surface area contributed by atoms with Gasteiger partial charge in [-0.25, -0.2) is 13.1 Å². The van der Waals surface area contributed by atoms with E-state index in [1.165, 1.54) is 0 Å². The number of anilines is 1. The number of carbonyl (C=O) groups excluding carboxylic acids is 1. The molecule has 0 bridgehead atoms. The van der Waals surface area contributed by atoms with Gasteiger partial charge in [0, 0.05) is 19.5 Å². The maximum absolute atomic E-state index is 12.4. The molecule has 2 heterocycles. The molecule has 7 nitrogen and oxygen atoms in total. The molecule has 1 aromatic carbocycles. The molecule has 2 aliphatic heterocycles. The van der Waals surface area contributed by atoms with Crippen molar-refractivity contribution in [1.29, 1.82) is 0 Å². The molecule has 8 heteroatoms. The highest BCUT2D eigenvalue weighted by molar-refractivity contribution is 7.89. The largest absolute Gasteiger partial charge is 0.481 e. The standard InChI is InChI=1S/C15H18N2O5S/c18-13-9-11-8-12(7-10-3-2-6-17(13)15(10)11)23(21,22)16-5-1-4-14(19)20/h7-8,16H,1-6,9H2,(H,19,20). The van der Waals surface area contributed by atoms with Gasteiger partial charge >= 0.3 is 5.97 Å². The van der Waals surface area contributed by atoms with Gasteiger partial charge in [-0.15, -0.1) is 0 Å². The van der Waals surface area contributed by atoms with Crippen molar-refractivity contribution in [2.45, 2.75) is 37.0 Å². The summed E-state index contributed by atoms with van der Waals surface area (Å²) in [6.07, 6.45) is 1.98. The average Bonchev–Trinajstić information content (AvgIpc) is 2.82. The average molecular weight is 338 g/mol. The van der Waals surface area contributed by atoms with E-state index in [1.54, 1.807) is 17.0 Å². The highest BCUT2D eigenvalue weighted by atomic mass is 32.2. The lowest BCUT2D eigenvalue weighted by atomic mass is 10.0. The molecule has 0 unspecified atom stereocenters. The van der Waals surface area contributed by atoms with Gasteiger partial charge in [-0.2, -0.15) is 0 Å². The van der Waals surface area contributed by atoms with E-state index in [0.717, 1.165) is 29.7 Å². The molecule has 1 aromatic rings. The Morgan fingerprint density at radius 2 is 2.04 bits per heavy atom. The number of nitrogens with one attached hydrogen (secondary N) is 1. The zero-order chi connectivity index (χ0) is 16.6. The fourth-order valence-corrected chi connectivity index (χ4v) is 4.31. The fourth-order valence-electron chi connectivity index (χ4n) is 3.13. The predicted molar refractivity (Wildman–Crippen MR) is 82.9 cm³/mol. The van der Waals surface area contributed by atoms with Crippen LogP contribution in [0.25, 0.3) is 0 Å². The van der Waals surface area contributed by atoms with Crippen molar-refractivity contribution in [3.8, 4) is 0 Å². The number of aliphatic carboxylic acids is 1. The second kappa shape index (κ2) is 5.93. The van der Waals surface area contributed by atoms with Gasteiger partial charge in [-0.1, -0.05) is 0 Å². The second-order valence-corrected chi connectivity index (χ2v) is 7.58. The summed E-state index contributed by atoms with van der Waals surface area (Å²) in [4.78, 5) is 24.3. The molecule has 0 atom stereocenters. The number of rotatable bonds is 6. The molecule has 0 fully saturated rings. The van der Waals surface area contributed by atoms with E-state index in [9.17, 15) is 18.0 Å². The molecule has 0 aliphatic carbocycles. The fraction of sp³-hybridized carbons (Fsp3) is 0.467. The summed E-state index contributed by atoms with van der Waals surface area (Å²) >= 11 is 0. The van der Waals surface area contributed by atoms with Crippen LogP contribution >= 0.6 is 0 Å². The first kappa shape index (κ1) is 15.9. The summed E-state index contributed by atoms with van der Waals surface area (Å²) < 4.78 is 27.2. The first-order chi connectivity index (χ1) is 10.9. The first-order valence-electron chi connectivity index (χ1n) is 7.56.